The normalized spacial score (nSPS) is 16.9. The average molecular weight is 541 g/mol. The topological polar surface area (TPSA) is 101 Å². The van der Waals surface area contributed by atoms with Gasteiger partial charge in [-0.05, 0) is 83.1 Å². The molecule has 2 N–H and O–H groups in total. The van der Waals surface area contributed by atoms with Crippen LogP contribution >= 0.6 is 0 Å². The third-order valence-electron chi connectivity index (χ3n) is 7.07. The van der Waals surface area contributed by atoms with Gasteiger partial charge in [0.1, 0.15) is 11.3 Å². The molecule has 0 aliphatic carbocycles. The monoisotopic (exact) mass is 540 g/mol. The van der Waals surface area contributed by atoms with Crippen molar-refractivity contribution in [1.82, 2.24) is 25.0 Å². The number of pyridine rings is 1. The lowest BCUT2D eigenvalue weighted by atomic mass is 9.91. The van der Waals surface area contributed by atoms with E-state index in [9.17, 15) is 9.59 Å². The van der Waals surface area contributed by atoms with Crippen LogP contribution in [-0.4, -0.2) is 57.0 Å². The second kappa shape index (κ2) is 11.5. The first-order valence-electron chi connectivity index (χ1n) is 13.7. The summed E-state index contributed by atoms with van der Waals surface area (Å²) in [7, 11) is 2.12. The Morgan fingerprint density at radius 2 is 1.80 bits per heavy atom. The van der Waals surface area contributed by atoms with Gasteiger partial charge in [-0.15, -0.1) is 0 Å². The van der Waals surface area contributed by atoms with Gasteiger partial charge in [0.25, 0.3) is 0 Å². The molecule has 1 aliphatic heterocycles. The molecule has 2 atom stereocenters. The highest BCUT2D eigenvalue weighted by atomic mass is 16.6. The number of nitrogens with zero attached hydrogens (tertiary/aromatic N) is 4. The van der Waals surface area contributed by atoms with Gasteiger partial charge in [-0.3, -0.25) is 4.98 Å². The van der Waals surface area contributed by atoms with Gasteiger partial charge in [0.15, 0.2) is 0 Å². The number of hydrogen-bond acceptors (Lipinski definition) is 6. The van der Waals surface area contributed by atoms with Crippen LogP contribution in [0.2, 0.25) is 0 Å². The van der Waals surface area contributed by atoms with Crippen molar-refractivity contribution in [2.75, 3.05) is 18.9 Å². The Morgan fingerprint density at radius 1 is 1.02 bits per heavy atom. The number of aromatic nitrogens is 3. The van der Waals surface area contributed by atoms with E-state index in [0.29, 0.717) is 28.0 Å². The largest absolute Gasteiger partial charge is 0.442 e. The van der Waals surface area contributed by atoms with Crippen LogP contribution in [0.4, 0.5) is 15.3 Å². The maximum atomic E-state index is 13.4. The maximum absolute atomic E-state index is 13.4. The number of nitrogens with one attached hydrogen (secondary N) is 2. The zero-order chi connectivity index (χ0) is 28.3. The van der Waals surface area contributed by atoms with Crippen molar-refractivity contribution in [3.05, 3.63) is 78.5 Å². The first-order valence-corrected chi connectivity index (χ1v) is 13.7. The fourth-order valence-corrected chi connectivity index (χ4v) is 5.22. The number of carbonyl (C=O) groups is 2. The summed E-state index contributed by atoms with van der Waals surface area (Å²) in [5, 5.41) is 11.5. The smallest absolute Gasteiger partial charge is 0.435 e. The predicted octanol–water partition coefficient (Wildman–Crippen LogP) is 6.23. The van der Waals surface area contributed by atoms with E-state index in [1.807, 2.05) is 63.2 Å². The number of amides is 2. The van der Waals surface area contributed by atoms with E-state index in [1.54, 1.807) is 18.3 Å². The van der Waals surface area contributed by atoms with Gasteiger partial charge in [-0.2, -0.15) is 9.78 Å². The number of urea groups is 1. The fraction of sp³-hybridized carbons (Fsp3) is 0.355. The van der Waals surface area contributed by atoms with E-state index < -0.39 is 11.7 Å². The minimum Gasteiger partial charge on any atom is -0.442 e. The standard InChI is InChI=1S/C31H36N6O3/c1-31(2,3)40-30(39)37-25-17-16-22(20-23(25)28(35-37)24-14-8-10-18-32-24)33-29(38)34-27(21-12-6-5-7-13-21)26-15-9-11-19-36(26)4/h5-8,10,12-14,16-18,20,26-27H,9,11,15,19H2,1-4H3,(H2,33,34,38)/t26-,27-/m1/s1. The summed E-state index contributed by atoms with van der Waals surface area (Å²) in [6.07, 6.45) is 4.40. The van der Waals surface area contributed by atoms with Gasteiger partial charge < -0.3 is 20.3 Å². The van der Waals surface area contributed by atoms with Crippen LogP contribution in [0.1, 0.15) is 51.6 Å². The third-order valence-corrected chi connectivity index (χ3v) is 7.07. The number of hydrogen-bond donors (Lipinski definition) is 2. The van der Waals surface area contributed by atoms with E-state index in [0.717, 1.165) is 31.4 Å². The molecular formula is C31H36N6O3. The van der Waals surface area contributed by atoms with E-state index in [-0.39, 0.29) is 18.1 Å². The van der Waals surface area contributed by atoms with Crippen LogP contribution in [0.15, 0.2) is 72.9 Å². The zero-order valence-corrected chi connectivity index (χ0v) is 23.4. The molecule has 0 bridgehead atoms. The molecule has 3 heterocycles. The highest BCUT2D eigenvalue weighted by molar-refractivity contribution is 6.00. The summed E-state index contributed by atoms with van der Waals surface area (Å²) in [6.45, 7) is 6.44. The van der Waals surface area contributed by atoms with E-state index in [4.69, 9.17) is 4.74 Å². The molecule has 1 fully saturated rings. The second-order valence-corrected chi connectivity index (χ2v) is 11.2. The lowest BCUT2D eigenvalue weighted by Gasteiger charge is -2.38. The molecule has 0 spiro atoms. The van der Waals surface area contributed by atoms with Crippen LogP contribution in [0.25, 0.3) is 22.3 Å². The second-order valence-electron chi connectivity index (χ2n) is 11.2. The summed E-state index contributed by atoms with van der Waals surface area (Å²) >= 11 is 0. The van der Waals surface area contributed by atoms with Crippen molar-refractivity contribution < 1.29 is 14.3 Å². The molecule has 2 aromatic carbocycles. The first-order chi connectivity index (χ1) is 19.2. The molecule has 40 heavy (non-hydrogen) atoms. The number of rotatable bonds is 5. The Morgan fingerprint density at radius 3 is 2.50 bits per heavy atom. The SMILES string of the molecule is CN1CCCC[C@@H]1[C@H](NC(=O)Nc1ccc2c(c1)c(-c1ccccn1)nn2C(=O)OC(C)(C)C)c1ccccc1. The van der Waals surface area contributed by atoms with Crippen molar-refractivity contribution in [1.29, 1.82) is 0 Å². The molecule has 9 nitrogen and oxygen atoms in total. The third kappa shape index (κ3) is 6.15. The molecule has 5 rings (SSSR count). The predicted molar refractivity (Wildman–Crippen MR) is 156 cm³/mol. The molecule has 1 aliphatic rings. The molecule has 208 valence electrons. The minimum atomic E-state index is -0.679. The van der Waals surface area contributed by atoms with Crippen molar-refractivity contribution >= 4 is 28.7 Å². The number of likely N-dealkylation sites (N-methyl/N-ethyl adjacent to an activating group) is 1. The molecule has 4 aromatic rings. The number of ether oxygens (including phenoxy) is 1. The van der Waals surface area contributed by atoms with Gasteiger partial charge in [-0.1, -0.05) is 42.8 Å². The Bertz CT molecular complexity index is 1480. The van der Waals surface area contributed by atoms with Gasteiger partial charge in [-0.25, -0.2) is 9.59 Å². The highest BCUT2D eigenvalue weighted by Crippen LogP contribution is 2.31. The number of benzene rings is 2. The maximum Gasteiger partial charge on any atom is 0.435 e. The van der Waals surface area contributed by atoms with E-state index >= 15 is 0 Å². The molecular weight excluding hydrogens is 504 g/mol. The van der Waals surface area contributed by atoms with Crippen molar-refractivity contribution in [3.8, 4) is 11.4 Å². The molecule has 1 saturated heterocycles. The van der Waals surface area contributed by atoms with Gasteiger partial charge in [0.2, 0.25) is 0 Å². The van der Waals surface area contributed by atoms with Crippen LogP contribution in [-0.2, 0) is 4.74 Å². The van der Waals surface area contributed by atoms with Crippen LogP contribution in [0.3, 0.4) is 0 Å². The molecule has 0 radical (unpaired) electrons. The Kier molecular flexibility index (Phi) is 7.84. The molecule has 0 saturated carbocycles. The number of carbonyl (C=O) groups excluding carboxylic acids is 2. The molecule has 9 heteroatoms. The number of anilines is 1. The zero-order valence-electron chi connectivity index (χ0n) is 23.4. The first kappa shape index (κ1) is 27.3. The van der Waals surface area contributed by atoms with Crippen molar-refractivity contribution in [2.45, 2.75) is 57.7 Å². The van der Waals surface area contributed by atoms with E-state index in [2.05, 4.69) is 44.8 Å². The lowest BCUT2D eigenvalue weighted by molar-refractivity contribution is 0.0523. The van der Waals surface area contributed by atoms with Crippen molar-refractivity contribution in [2.24, 2.45) is 0 Å². The number of likely N-dealkylation sites (tertiary alicyclic amines) is 1. The number of piperidine rings is 1. The average Bonchev–Trinajstić information content (AvgIpc) is 3.31. The summed E-state index contributed by atoms with van der Waals surface area (Å²) in [6, 6.07) is 20.7. The Hall–Kier alpha value is -4.24. The lowest BCUT2D eigenvalue weighted by Crippen LogP contribution is -2.47. The van der Waals surface area contributed by atoms with Crippen LogP contribution in [0, 0.1) is 0 Å². The van der Waals surface area contributed by atoms with Crippen LogP contribution in [0.5, 0.6) is 0 Å². The molecule has 2 aromatic heterocycles. The van der Waals surface area contributed by atoms with Gasteiger partial charge in [0.05, 0.1) is 17.3 Å². The van der Waals surface area contributed by atoms with Gasteiger partial charge in [0, 0.05) is 23.3 Å². The summed E-state index contributed by atoms with van der Waals surface area (Å²) < 4.78 is 6.83. The van der Waals surface area contributed by atoms with Crippen LogP contribution < -0.4 is 10.6 Å². The summed E-state index contributed by atoms with van der Waals surface area (Å²) in [5.41, 5.74) is 2.67. The molecule has 0 unspecified atom stereocenters. The summed E-state index contributed by atoms with van der Waals surface area (Å²) in [5.74, 6) is 0. The summed E-state index contributed by atoms with van der Waals surface area (Å²) in [4.78, 5) is 33.1. The minimum absolute atomic E-state index is 0.158. The quantitative estimate of drug-likeness (QED) is 0.311. The fourth-order valence-electron chi connectivity index (χ4n) is 5.22. The van der Waals surface area contributed by atoms with Gasteiger partial charge >= 0.3 is 12.1 Å². The van der Waals surface area contributed by atoms with E-state index in [1.165, 1.54) is 4.68 Å². The van der Waals surface area contributed by atoms with Crippen molar-refractivity contribution in [3.63, 3.8) is 0 Å². The highest BCUT2D eigenvalue weighted by Gasteiger charge is 2.30. The number of fused-ring (bicyclic) bond motifs is 1. The Balaban J connectivity index is 1.44. The molecule has 2 amide bonds. The Labute approximate surface area is 234 Å².